The highest BCUT2D eigenvalue weighted by molar-refractivity contribution is 4.63. The zero-order valence-corrected chi connectivity index (χ0v) is 8.55. The van der Waals surface area contributed by atoms with Crippen LogP contribution in [0.3, 0.4) is 0 Å². The Morgan fingerprint density at radius 3 is 3.08 bits per heavy atom. The Hall–Kier alpha value is -0.120. The van der Waals surface area contributed by atoms with Crippen molar-refractivity contribution in [3.8, 4) is 0 Å². The molecule has 0 aliphatic carbocycles. The molecular weight excluding hydrogens is 166 g/mol. The van der Waals surface area contributed by atoms with E-state index in [4.69, 9.17) is 9.47 Å². The van der Waals surface area contributed by atoms with E-state index in [0.29, 0.717) is 6.10 Å². The molecule has 13 heavy (non-hydrogen) atoms. The van der Waals surface area contributed by atoms with Crippen LogP contribution in [0.15, 0.2) is 0 Å². The first-order chi connectivity index (χ1) is 6.43. The summed E-state index contributed by atoms with van der Waals surface area (Å²) < 4.78 is 10.9. The normalized spacial score (nSPS) is 22.4. The van der Waals surface area contributed by atoms with Crippen LogP contribution in [0, 0.1) is 0 Å². The van der Waals surface area contributed by atoms with Crippen LogP contribution < -0.4 is 5.32 Å². The summed E-state index contributed by atoms with van der Waals surface area (Å²) in [5, 5.41) is 3.29. The molecule has 1 unspecified atom stereocenters. The highest BCUT2D eigenvalue weighted by Gasteiger charge is 2.14. The maximum absolute atomic E-state index is 5.48. The number of hydrogen-bond acceptors (Lipinski definition) is 3. The third-order valence-electron chi connectivity index (χ3n) is 2.18. The molecule has 0 aromatic rings. The Morgan fingerprint density at radius 1 is 1.46 bits per heavy atom. The van der Waals surface area contributed by atoms with Gasteiger partial charge in [-0.1, -0.05) is 6.92 Å². The zero-order valence-electron chi connectivity index (χ0n) is 8.55. The van der Waals surface area contributed by atoms with Gasteiger partial charge in [0.2, 0.25) is 0 Å². The summed E-state index contributed by atoms with van der Waals surface area (Å²) >= 11 is 0. The van der Waals surface area contributed by atoms with Crippen molar-refractivity contribution in [3.05, 3.63) is 0 Å². The highest BCUT2D eigenvalue weighted by Crippen LogP contribution is 2.11. The fourth-order valence-electron chi connectivity index (χ4n) is 1.44. The molecule has 0 spiro atoms. The molecule has 78 valence electrons. The number of nitrogens with one attached hydrogen (secondary N) is 1. The van der Waals surface area contributed by atoms with Gasteiger partial charge < -0.3 is 14.8 Å². The van der Waals surface area contributed by atoms with Crippen LogP contribution in [-0.2, 0) is 9.47 Å². The van der Waals surface area contributed by atoms with Crippen molar-refractivity contribution in [2.24, 2.45) is 0 Å². The van der Waals surface area contributed by atoms with Gasteiger partial charge in [0.15, 0.2) is 0 Å². The predicted molar refractivity (Wildman–Crippen MR) is 53.0 cm³/mol. The summed E-state index contributed by atoms with van der Waals surface area (Å²) in [5.74, 6) is 0. The summed E-state index contributed by atoms with van der Waals surface area (Å²) in [7, 11) is 0. The molecule has 1 N–H and O–H groups in total. The van der Waals surface area contributed by atoms with Gasteiger partial charge in [-0.25, -0.2) is 0 Å². The Bertz CT molecular complexity index is 113. The molecule has 1 saturated heterocycles. The smallest absolute Gasteiger partial charge is 0.0809 e. The first-order valence-corrected chi connectivity index (χ1v) is 5.33. The molecule has 1 atom stereocenters. The van der Waals surface area contributed by atoms with Gasteiger partial charge in [0.1, 0.15) is 0 Å². The Labute approximate surface area is 80.8 Å². The average molecular weight is 187 g/mol. The van der Waals surface area contributed by atoms with Crippen molar-refractivity contribution in [1.82, 2.24) is 5.32 Å². The molecule has 1 aliphatic heterocycles. The summed E-state index contributed by atoms with van der Waals surface area (Å²) in [6, 6.07) is 0. The second kappa shape index (κ2) is 7.30. The van der Waals surface area contributed by atoms with Crippen molar-refractivity contribution in [3.63, 3.8) is 0 Å². The molecule has 0 aromatic carbocycles. The van der Waals surface area contributed by atoms with Gasteiger partial charge in [0.05, 0.1) is 19.3 Å². The van der Waals surface area contributed by atoms with Crippen LogP contribution in [0.2, 0.25) is 0 Å². The SMILES string of the molecule is CCCNCCOCC1CCCO1. The lowest BCUT2D eigenvalue weighted by Gasteiger charge is -2.10. The number of ether oxygens (including phenoxy) is 2. The lowest BCUT2D eigenvalue weighted by Crippen LogP contribution is -2.23. The van der Waals surface area contributed by atoms with Crippen LogP contribution in [0.1, 0.15) is 26.2 Å². The van der Waals surface area contributed by atoms with Crippen molar-refractivity contribution >= 4 is 0 Å². The second-order valence-electron chi connectivity index (χ2n) is 3.46. The molecule has 1 heterocycles. The summed E-state index contributed by atoms with van der Waals surface area (Å²) in [4.78, 5) is 0. The maximum Gasteiger partial charge on any atom is 0.0809 e. The van der Waals surface area contributed by atoms with Gasteiger partial charge in [-0.05, 0) is 25.8 Å². The monoisotopic (exact) mass is 187 g/mol. The first-order valence-electron chi connectivity index (χ1n) is 5.33. The minimum absolute atomic E-state index is 0.367. The summed E-state index contributed by atoms with van der Waals surface area (Å²) in [5.41, 5.74) is 0. The largest absolute Gasteiger partial charge is 0.377 e. The molecule has 1 rings (SSSR count). The standard InChI is InChI=1S/C10H21NO2/c1-2-5-11-6-8-12-9-10-4-3-7-13-10/h10-11H,2-9H2,1H3. The molecule has 1 fully saturated rings. The minimum atomic E-state index is 0.367. The van der Waals surface area contributed by atoms with Crippen molar-refractivity contribution in [2.75, 3.05) is 32.9 Å². The van der Waals surface area contributed by atoms with Crippen LogP contribution in [0.25, 0.3) is 0 Å². The minimum Gasteiger partial charge on any atom is -0.377 e. The molecule has 0 amide bonds. The van der Waals surface area contributed by atoms with E-state index in [2.05, 4.69) is 12.2 Å². The molecule has 0 aromatic heterocycles. The van der Waals surface area contributed by atoms with Crippen molar-refractivity contribution in [2.45, 2.75) is 32.3 Å². The van der Waals surface area contributed by atoms with Crippen LogP contribution >= 0.6 is 0 Å². The summed E-state index contributed by atoms with van der Waals surface area (Å²) in [6.45, 7) is 6.71. The van der Waals surface area contributed by atoms with Crippen LogP contribution in [-0.4, -0.2) is 39.0 Å². The highest BCUT2D eigenvalue weighted by atomic mass is 16.5. The molecule has 0 radical (unpaired) electrons. The second-order valence-corrected chi connectivity index (χ2v) is 3.46. The molecule has 1 aliphatic rings. The lowest BCUT2D eigenvalue weighted by atomic mass is 10.2. The Balaban J connectivity index is 1.78. The fraction of sp³-hybridized carbons (Fsp3) is 1.00. The Kier molecular flexibility index (Phi) is 6.15. The molecule has 0 saturated carbocycles. The summed E-state index contributed by atoms with van der Waals surface area (Å²) in [6.07, 6.45) is 3.92. The molecule has 0 bridgehead atoms. The van der Waals surface area contributed by atoms with E-state index in [-0.39, 0.29) is 0 Å². The molecular formula is C10H21NO2. The van der Waals surface area contributed by atoms with E-state index in [1.165, 1.54) is 19.3 Å². The van der Waals surface area contributed by atoms with E-state index >= 15 is 0 Å². The molecule has 3 heteroatoms. The van der Waals surface area contributed by atoms with Gasteiger partial charge in [0, 0.05) is 13.2 Å². The Morgan fingerprint density at radius 2 is 2.38 bits per heavy atom. The van der Waals surface area contributed by atoms with Gasteiger partial charge in [-0.2, -0.15) is 0 Å². The van der Waals surface area contributed by atoms with E-state index in [9.17, 15) is 0 Å². The fourth-order valence-corrected chi connectivity index (χ4v) is 1.44. The first kappa shape index (κ1) is 11.0. The van der Waals surface area contributed by atoms with Gasteiger partial charge >= 0.3 is 0 Å². The van der Waals surface area contributed by atoms with Crippen LogP contribution in [0.4, 0.5) is 0 Å². The van der Waals surface area contributed by atoms with Crippen LogP contribution in [0.5, 0.6) is 0 Å². The molecule has 3 nitrogen and oxygen atoms in total. The van der Waals surface area contributed by atoms with E-state index in [1.54, 1.807) is 0 Å². The van der Waals surface area contributed by atoms with E-state index < -0.39 is 0 Å². The van der Waals surface area contributed by atoms with Gasteiger partial charge in [-0.3, -0.25) is 0 Å². The quantitative estimate of drug-likeness (QED) is 0.607. The van der Waals surface area contributed by atoms with Crippen molar-refractivity contribution in [1.29, 1.82) is 0 Å². The number of hydrogen-bond donors (Lipinski definition) is 1. The van der Waals surface area contributed by atoms with E-state index in [0.717, 1.165) is 32.9 Å². The van der Waals surface area contributed by atoms with E-state index in [1.807, 2.05) is 0 Å². The zero-order chi connectivity index (χ0) is 9.36. The predicted octanol–water partition coefficient (Wildman–Crippen LogP) is 1.18. The maximum atomic E-state index is 5.48. The van der Waals surface area contributed by atoms with Crippen molar-refractivity contribution < 1.29 is 9.47 Å². The van der Waals surface area contributed by atoms with Gasteiger partial charge in [0.25, 0.3) is 0 Å². The lowest BCUT2D eigenvalue weighted by molar-refractivity contribution is 0.0184. The average Bonchev–Trinajstić information content (AvgIpc) is 2.63. The van der Waals surface area contributed by atoms with Gasteiger partial charge in [-0.15, -0.1) is 0 Å². The number of rotatable bonds is 7. The third-order valence-corrected chi connectivity index (χ3v) is 2.18. The third kappa shape index (κ3) is 5.24. The topological polar surface area (TPSA) is 30.5 Å².